The van der Waals surface area contributed by atoms with E-state index in [4.69, 9.17) is 0 Å². The van der Waals surface area contributed by atoms with Gasteiger partial charge >= 0.3 is 5.97 Å². The molecule has 0 fully saturated rings. The molecular weight excluding hydrogens is 266 g/mol. The van der Waals surface area contributed by atoms with Crippen molar-refractivity contribution in [3.8, 4) is 11.1 Å². The number of carbonyl (C=O) groups is 1. The van der Waals surface area contributed by atoms with Gasteiger partial charge in [-0.2, -0.15) is 0 Å². The van der Waals surface area contributed by atoms with Crippen molar-refractivity contribution in [2.24, 2.45) is 0 Å². The molecule has 2 aromatic heterocycles. The molecule has 0 aliphatic heterocycles. The van der Waals surface area contributed by atoms with Crippen LogP contribution in [0, 0.1) is 6.92 Å². The van der Waals surface area contributed by atoms with Crippen molar-refractivity contribution in [1.82, 2.24) is 4.40 Å². The molecule has 4 nitrogen and oxygen atoms in total. The van der Waals surface area contributed by atoms with E-state index in [1.165, 1.54) is 10.5 Å². The highest BCUT2D eigenvalue weighted by atomic mass is 16.4. The van der Waals surface area contributed by atoms with E-state index in [-0.39, 0.29) is 5.56 Å². The average Bonchev–Trinajstić information content (AvgIpc) is 2.47. The molecule has 4 heteroatoms. The number of aromatic carboxylic acids is 1. The summed E-state index contributed by atoms with van der Waals surface area (Å²) in [6.07, 6.45) is 1.59. The summed E-state index contributed by atoms with van der Waals surface area (Å²) in [5.41, 5.74) is 2.64. The van der Waals surface area contributed by atoms with Gasteiger partial charge in [0.15, 0.2) is 0 Å². The predicted octanol–water partition coefficient (Wildman–Crippen LogP) is 2.97. The Morgan fingerprint density at radius 2 is 1.90 bits per heavy atom. The monoisotopic (exact) mass is 279 g/mol. The van der Waals surface area contributed by atoms with Crippen LogP contribution in [-0.4, -0.2) is 15.5 Å². The van der Waals surface area contributed by atoms with Gasteiger partial charge in [0.05, 0.1) is 5.52 Å². The minimum atomic E-state index is -1.22. The number of carboxylic acid groups (broad SMARTS) is 1. The Labute approximate surface area is 120 Å². The number of pyridine rings is 2. The van der Waals surface area contributed by atoms with E-state index in [9.17, 15) is 14.7 Å². The molecule has 0 amide bonds. The molecule has 0 bridgehead atoms. The van der Waals surface area contributed by atoms with E-state index in [0.29, 0.717) is 5.52 Å². The number of aromatic nitrogens is 1. The van der Waals surface area contributed by atoms with Crippen LogP contribution in [0.4, 0.5) is 0 Å². The maximum atomic E-state index is 12.2. The summed E-state index contributed by atoms with van der Waals surface area (Å²) in [7, 11) is 0. The van der Waals surface area contributed by atoms with Crippen LogP contribution in [0.15, 0.2) is 59.5 Å². The molecule has 3 rings (SSSR count). The Morgan fingerprint density at radius 1 is 1.10 bits per heavy atom. The van der Waals surface area contributed by atoms with Gasteiger partial charge in [0.2, 0.25) is 0 Å². The predicted molar refractivity (Wildman–Crippen MR) is 80.8 cm³/mol. The summed E-state index contributed by atoms with van der Waals surface area (Å²) >= 11 is 0. The first-order chi connectivity index (χ1) is 10.1. The molecule has 0 atom stereocenters. The molecule has 0 saturated heterocycles. The van der Waals surface area contributed by atoms with Crippen molar-refractivity contribution in [1.29, 1.82) is 0 Å². The van der Waals surface area contributed by atoms with Gasteiger partial charge in [-0.1, -0.05) is 35.9 Å². The molecule has 1 aromatic carbocycles. The van der Waals surface area contributed by atoms with E-state index in [2.05, 4.69) is 0 Å². The summed E-state index contributed by atoms with van der Waals surface area (Å²) in [4.78, 5) is 23.5. The molecule has 3 aromatic rings. The minimum Gasteiger partial charge on any atom is -0.477 e. The molecule has 0 aliphatic rings. The lowest BCUT2D eigenvalue weighted by Gasteiger charge is -2.10. The van der Waals surface area contributed by atoms with Gasteiger partial charge < -0.3 is 5.11 Å². The fourth-order valence-corrected chi connectivity index (χ4v) is 2.45. The van der Waals surface area contributed by atoms with Crippen LogP contribution >= 0.6 is 0 Å². The minimum absolute atomic E-state index is 0.227. The number of carboxylic acids is 1. The standard InChI is InChI=1S/C17H13NO3/c1-11-5-4-6-12(9-11)13-10-14(17(20)21)16(19)18-8-3-2-7-15(13)18/h2-10H,1H3,(H,20,21). The summed E-state index contributed by atoms with van der Waals surface area (Å²) in [6.45, 7) is 1.97. The van der Waals surface area contributed by atoms with Gasteiger partial charge in [0.25, 0.3) is 5.56 Å². The van der Waals surface area contributed by atoms with Crippen molar-refractivity contribution < 1.29 is 9.90 Å². The quantitative estimate of drug-likeness (QED) is 0.784. The highest BCUT2D eigenvalue weighted by molar-refractivity contribution is 5.92. The van der Waals surface area contributed by atoms with Crippen molar-refractivity contribution >= 4 is 11.5 Å². The Hall–Kier alpha value is -2.88. The van der Waals surface area contributed by atoms with Crippen molar-refractivity contribution in [3.05, 3.63) is 76.2 Å². The highest BCUT2D eigenvalue weighted by Crippen LogP contribution is 2.25. The first-order valence-electron chi connectivity index (χ1n) is 6.52. The third kappa shape index (κ3) is 2.21. The Kier molecular flexibility index (Phi) is 3.06. The van der Waals surface area contributed by atoms with E-state index < -0.39 is 11.5 Å². The van der Waals surface area contributed by atoms with Gasteiger partial charge in [-0.15, -0.1) is 0 Å². The van der Waals surface area contributed by atoms with Crippen LogP contribution in [-0.2, 0) is 0 Å². The van der Waals surface area contributed by atoms with Crippen LogP contribution in [0.5, 0.6) is 0 Å². The molecule has 2 heterocycles. The van der Waals surface area contributed by atoms with Gasteiger partial charge in [-0.3, -0.25) is 9.20 Å². The van der Waals surface area contributed by atoms with E-state index in [0.717, 1.165) is 16.7 Å². The molecule has 21 heavy (non-hydrogen) atoms. The molecule has 0 radical (unpaired) electrons. The topological polar surface area (TPSA) is 58.8 Å². The normalized spacial score (nSPS) is 10.7. The van der Waals surface area contributed by atoms with Crippen LogP contribution < -0.4 is 5.56 Å². The van der Waals surface area contributed by atoms with Crippen LogP contribution in [0.1, 0.15) is 15.9 Å². The maximum absolute atomic E-state index is 12.2. The summed E-state index contributed by atoms with van der Waals surface area (Å²) in [6, 6.07) is 14.6. The summed E-state index contributed by atoms with van der Waals surface area (Å²) in [5.74, 6) is -1.22. The summed E-state index contributed by atoms with van der Waals surface area (Å²) < 4.78 is 1.38. The van der Waals surface area contributed by atoms with Crippen LogP contribution in [0.2, 0.25) is 0 Å². The van der Waals surface area contributed by atoms with Crippen molar-refractivity contribution in [2.75, 3.05) is 0 Å². The van der Waals surface area contributed by atoms with E-state index >= 15 is 0 Å². The number of hydrogen-bond acceptors (Lipinski definition) is 2. The molecule has 0 aliphatic carbocycles. The molecular formula is C17H13NO3. The lowest BCUT2D eigenvalue weighted by atomic mass is 10.0. The van der Waals surface area contributed by atoms with Gasteiger partial charge in [-0.05, 0) is 30.7 Å². The first kappa shape index (κ1) is 13.1. The molecule has 0 spiro atoms. The fraction of sp³-hybridized carbons (Fsp3) is 0.0588. The second-order valence-electron chi connectivity index (χ2n) is 4.91. The number of aryl methyl sites for hydroxylation is 1. The zero-order chi connectivity index (χ0) is 15.0. The van der Waals surface area contributed by atoms with E-state index in [1.807, 2.05) is 43.3 Å². The lowest BCUT2D eigenvalue weighted by Crippen LogP contribution is -2.22. The van der Waals surface area contributed by atoms with Crippen LogP contribution in [0.3, 0.4) is 0 Å². The fourth-order valence-electron chi connectivity index (χ4n) is 2.45. The molecule has 1 N–H and O–H groups in total. The highest BCUT2D eigenvalue weighted by Gasteiger charge is 2.15. The maximum Gasteiger partial charge on any atom is 0.341 e. The molecule has 104 valence electrons. The van der Waals surface area contributed by atoms with Crippen molar-refractivity contribution in [3.63, 3.8) is 0 Å². The number of fused-ring (bicyclic) bond motifs is 1. The largest absolute Gasteiger partial charge is 0.477 e. The number of hydrogen-bond donors (Lipinski definition) is 1. The first-order valence-corrected chi connectivity index (χ1v) is 6.52. The zero-order valence-electron chi connectivity index (χ0n) is 11.4. The second kappa shape index (κ2) is 4.90. The van der Waals surface area contributed by atoms with Crippen molar-refractivity contribution in [2.45, 2.75) is 6.92 Å². The SMILES string of the molecule is Cc1cccc(-c2cc(C(=O)O)c(=O)n3ccccc23)c1. The van der Waals surface area contributed by atoms with E-state index in [1.54, 1.807) is 12.3 Å². The summed E-state index contributed by atoms with van der Waals surface area (Å²) in [5, 5.41) is 9.24. The average molecular weight is 279 g/mol. The third-order valence-corrected chi connectivity index (χ3v) is 3.43. The Bertz CT molecular complexity index is 909. The lowest BCUT2D eigenvalue weighted by molar-refractivity contribution is 0.0695. The zero-order valence-corrected chi connectivity index (χ0v) is 11.4. The van der Waals surface area contributed by atoms with Gasteiger partial charge in [-0.25, -0.2) is 4.79 Å². The number of benzene rings is 1. The number of nitrogens with zero attached hydrogens (tertiary/aromatic N) is 1. The number of rotatable bonds is 2. The Morgan fingerprint density at radius 3 is 2.62 bits per heavy atom. The molecule has 0 saturated carbocycles. The van der Waals surface area contributed by atoms with Gasteiger partial charge in [0.1, 0.15) is 5.56 Å². The van der Waals surface area contributed by atoms with Crippen LogP contribution in [0.25, 0.3) is 16.6 Å². The van der Waals surface area contributed by atoms with Gasteiger partial charge in [0, 0.05) is 11.8 Å². The Balaban J connectivity index is 2.44. The smallest absolute Gasteiger partial charge is 0.341 e. The molecule has 0 unspecified atom stereocenters. The third-order valence-electron chi connectivity index (χ3n) is 3.43. The second-order valence-corrected chi connectivity index (χ2v) is 4.91.